The Bertz CT molecular complexity index is 207. The van der Waals surface area contributed by atoms with E-state index in [1.54, 1.807) is 0 Å². The maximum atomic E-state index is 11.5. The molecule has 2 atom stereocenters. The quantitative estimate of drug-likeness (QED) is 0.552. The zero-order valence-corrected chi connectivity index (χ0v) is 6.81. The first-order chi connectivity index (χ1) is 5.29. The van der Waals surface area contributed by atoms with Gasteiger partial charge in [-0.3, -0.25) is 4.79 Å². The summed E-state index contributed by atoms with van der Waals surface area (Å²) in [5, 5.41) is 0. The molecule has 0 heterocycles. The molecule has 2 unspecified atom stereocenters. The van der Waals surface area contributed by atoms with Crippen LogP contribution in [-0.4, -0.2) is 5.78 Å². The van der Waals surface area contributed by atoms with Crippen LogP contribution in [0.1, 0.15) is 32.1 Å². The molecule has 11 heavy (non-hydrogen) atoms. The molecule has 0 spiro atoms. The van der Waals surface area contributed by atoms with Crippen molar-refractivity contribution in [3.63, 3.8) is 0 Å². The number of rotatable bonds is 2. The van der Waals surface area contributed by atoms with Crippen LogP contribution < -0.4 is 0 Å². The van der Waals surface area contributed by atoms with E-state index in [1.165, 1.54) is 6.42 Å². The Morgan fingerprint density at radius 1 is 1.73 bits per heavy atom. The minimum atomic E-state index is 0.0972. The van der Waals surface area contributed by atoms with Crippen LogP contribution in [0, 0.1) is 11.3 Å². The first kappa shape index (κ1) is 7.08. The van der Waals surface area contributed by atoms with Gasteiger partial charge >= 0.3 is 0 Å². The van der Waals surface area contributed by atoms with Crippen molar-refractivity contribution in [3.05, 3.63) is 12.7 Å². The third-order valence-corrected chi connectivity index (χ3v) is 3.25. The highest BCUT2D eigenvalue weighted by Crippen LogP contribution is 2.61. The summed E-state index contributed by atoms with van der Waals surface area (Å²) in [6, 6.07) is 0. The van der Waals surface area contributed by atoms with E-state index >= 15 is 0 Å². The van der Waals surface area contributed by atoms with E-state index in [0.29, 0.717) is 5.78 Å². The fraction of sp³-hybridized carbons (Fsp3) is 0.700. The van der Waals surface area contributed by atoms with Gasteiger partial charge in [-0.05, 0) is 31.6 Å². The Hall–Kier alpha value is -0.590. The van der Waals surface area contributed by atoms with Crippen LogP contribution >= 0.6 is 0 Å². The maximum Gasteiger partial charge on any atom is 0.139 e. The average Bonchev–Trinajstić information content (AvgIpc) is 2.66. The van der Waals surface area contributed by atoms with E-state index in [4.69, 9.17) is 0 Å². The number of allylic oxidation sites excluding steroid dienone is 1. The number of ketones is 1. The molecule has 1 nitrogen and oxygen atoms in total. The minimum Gasteiger partial charge on any atom is -0.299 e. The van der Waals surface area contributed by atoms with Gasteiger partial charge < -0.3 is 0 Å². The van der Waals surface area contributed by atoms with Crippen LogP contribution in [0.15, 0.2) is 12.7 Å². The van der Waals surface area contributed by atoms with Crippen molar-refractivity contribution in [2.24, 2.45) is 11.3 Å². The van der Waals surface area contributed by atoms with Gasteiger partial charge in [0, 0.05) is 11.8 Å². The molecule has 2 fully saturated rings. The molecule has 0 aliphatic heterocycles. The van der Waals surface area contributed by atoms with E-state index in [1.807, 2.05) is 6.08 Å². The highest BCUT2D eigenvalue weighted by molar-refractivity contribution is 5.89. The number of carbonyl (C=O) groups excluding carboxylic acids is 1. The summed E-state index contributed by atoms with van der Waals surface area (Å²) in [6.07, 6.45) is 7.21. The van der Waals surface area contributed by atoms with Crippen molar-refractivity contribution in [2.45, 2.75) is 32.1 Å². The van der Waals surface area contributed by atoms with Gasteiger partial charge in [0.25, 0.3) is 0 Å². The second kappa shape index (κ2) is 2.20. The van der Waals surface area contributed by atoms with Crippen molar-refractivity contribution in [1.29, 1.82) is 0 Å². The van der Waals surface area contributed by atoms with Crippen LogP contribution in [-0.2, 0) is 4.79 Å². The molecule has 60 valence electrons. The highest BCUT2D eigenvalue weighted by Gasteiger charge is 2.59. The lowest BCUT2D eigenvalue weighted by atomic mass is 9.85. The summed E-state index contributed by atoms with van der Waals surface area (Å²) in [6.45, 7) is 3.71. The van der Waals surface area contributed by atoms with Crippen LogP contribution in [0.5, 0.6) is 0 Å². The van der Waals surface area contributed by atoms with Crippen molar-refractivity contribution in [2.75, 3.05) is 0 Å². The van der Waals surface area contributed by atoms with Crippen molar-refractivity contribution in [3.8, 4) is 0 Å². The van der Waals surface area contributed by atoms with Gasteiger partial charge in [-0.2, -0.15) is 0 Å². The number of Topliss-reactive ketones (excluding diaryl/α,β-unsaturated/α-hetero) is 1. The molecular formula is C10H14O. The first-order valence-corrected chi connectivity index (χ1v) is 4.44. The van der Waals surface area contributed by atoms with Gasteiger partial charge in [0.05, 0.1) is 0 Å². The topological polar surface area (TPSA) is 17.1 Å². The number of hydrogen-bond donors (Lipinski definition) is 0. The normalized spacial score (nSPS) is 41.5. The second-order valence-corrected chi connectivity index (χ2v) is 3.87. The van der Waals surface area contributed by atoms with Gasteiger partial charge in [0.15, 0.2) is 0 Å². The molecule has 0 aromatic rings. The number of fused-ring (bicyclic) bond motifs is 1. The highest BCUT2D eigenvalue weighted by atomic mass is 16.1. The Kier molecular flexibility index (Phi) is 1.41. The SMILES string of the molecule is C=CCC12CC1CCCC2=O. The third-order valence-electron chi connectivity index (χ3n) is 3.25. The molecule has 0 saturated heterocycles. The fourth-order valence-corrected chi connectivity index (χ4v) is 2.48. The van der Waals surface area contributed by atoms with Crippen molar-refractivity contribution >= 4 is 5.78 Å². The maximum absolute atomic E-state index is 11.5. The van der Waals surface area contributed by atoms with Gasteiger partial charge in [0.1, 0.15) is 5.78 Å². The van der Waals surface area contributed by atoms with Crippen LogP contribution in [0.25, 0.3) is 0 Å². The molecule has 0 radical (unpaired) electrons. The average molecular weight is 150 g/mol. The third kappa shape index (κ3) is 0.867. The molecule has 2 saturated carbocycles. The minimum absolute atomic E-state index is 0.0972. The van der Waals surface area contributed by atoms with E-state index in [0.717, 1.165) is 31.6 Å². The zero-order chi connectivity index (χ0) is 7.90. The van der Waals surface area contributed by atoms with E-state index in [2.05, 4.69) is 6.58 Å². The smallest absolute Gasteiger partial charge is 0.139 e. The van der Waals surface area contributed by atoms with Gasteiger partial charge in [-0.25, -0.2) is 0 Å². The van der Waals surface area contributed by atoms with E-state index < -0.39 is 0 Å². The largest absolute Gasteiger partial charge is 0.299 e. The van der Waals surface area contributed by atoms with Crippen molar-refractivity contribution < 1.29 is 4.79 Å². The monoisotopic (exact) mass is 150 g/mol. The lowest BCUT2D eigenvalue weighted by Gasteiger charge is -2.18. The predicted octanol–water partition coefficient (Wildman–Crippen LogP) is 2.32. The standard InChI is InChI=1S/C10H14O/c1-2-6-10-7-8(10)4-3-5-9(10)11/h2,8H,1,3-7H2. The predicted molar refractivity (Wildman–Crippen MR) is 44.2 cm³/mol. The van der Waals surface area contributed by atoms with Crippen LogP contribution in [0.4, 0.5) is 0 Å². The Morgan fingerprint density at radius 2 is 2.55 bits per heavy atom. The van der Waals surface area contributed by atoms with Crippen molar-refractivity contribution in [1.82, 2.24) is 0 Å². The van der Waals surface area contributed by atoms with Crippen LogP contribution in [0.3, 0.4) is 0 Å². The lowest BCUT2D eigenvalue weighted by molar-refractivity contribution is -0.125. The summed E-state index contributed by atoms with van der Waals surface area (Å²) in [7, 11) is 0. The molecule has 0 amide bonds. The summed E-state index contributed by atoms with van der Waals surface area (Å²) in [5.41, 5.74) is 0.0972. The molecular weight excluding hydrogens is 136 g/mol. The Morgan fingerprint density at radius 3 is 3.18 bits per heavy atom. The Labute approximate surface area is 67.5 Å². The van der Waals surface area contributed by atoms with Crippen LogP contribution in [0.2, 0.25) is 0 Å². The number of hydrogen-bond acceptors (Lipinski definition) is 1. The summed E-state index contributed by atoms with van der Waals surface area (Å²) in [5.74, 6) is 1.23. The molecule has 0 N–H and O–H groups in total. The lowest BCUT2D eigenvalue weighted by Crippen LogP contribution is -2.21. The van der Waals surface area contributed by atoms with Gasteiger partial charge in [-0.1, -0.05) is 6.08 Å². The molecule has 0 aromatic heterocycles. The van der Waals surface area contributed by atoms with E-state index in [9.17, 15) is 4.79 Å². The fourth-order valence-electron chi connectivity index (χ4n) is 2.48. The summed E-state index contributed by atoms with van der Waals surface area (Å²) in [4.78, 5) is 11.5. The Balaban J connectivity index is 2.13. The first-order valence-electron chi connectivity index (χ1n) is 4.44. The molecule has 2 aliphatic rings. The summed E-state index contributed by atoms with van der Waals surface area (Å²) >= 11 is 0. The molecule has 1 heteroatoms. The summed E-state index contributed by atoms with van der Waals surface area (Å²) < 4.78 is 0. The molecule has 0 bridgehead atoms. The molecule has 2 rings (SSSR count). The van der Waals surface area contributed by atoms with E-state index in [-0.39, 0.29) is 5.41 Å². The zero-order valence-electron chi connectivity index (χ0n) is 6.81. The van der Waals surface area contributed by atoms with Gasteiger partial charge in [-0.15, -0.1) is 6.58 Å². The number of carbonyl (C=O) groups is 1. The second-order valence-electron chi connectivity index (χ2n) is 3.87. The van der Waals surface area contributed by atoms with Gasteiger partial charge in [0.2, 0.25) is 0 Å². The molecule has 2 aliphatic carbocycles. The molecule has 0 aromatic carbocycles.